The first-order valence-corrected chi connectivity index (χ1v) is 6.30. The molecule has 0 bridgehead atoms. The number of rotatable bonds is 3. The van der Waals surface area contributed by atoms with E-state index in [-0.39, 0.29) is 0 Å². The first-order valence-electron chi connectivity index (χ1n) is 3.73. The van der Waals surface area contributed by atoms with Crippen LogP contribution in [0.25, 0.3) is 0 Å². The standard InChI is InChI=1S/C9H9Br2S/c1-2-3-12-9-5-7(10)4-8(11)6-9/h5-6H,2-3H2,1H3. The lowest BCUT2D eigenvalue weighted by Crippen LogP contribution is -1.77. The molecule has 0 nitrogen and oxygen atoms in total. The lowest BCUT2D eigenvalue weighted by Gasteiger charge is -2.00. The summed E-state index contributed by atoms with van der Waals surface area (Å²) in [6, 6.07) is 7.28. The molecule has 0 atom stereocenters. The van der Waals surface area contributed by atoms with Crippen LogP contribution in [0, 0.1) is 6.07 Å². The summed E-state index contributed by atoms with van der Waals surface area (Å²) < 4.78 is 2.02. The van der Waals surface area contributed by atoms with Gasteiger partial charge in [-0.1, -0.05) is 38.8 Å². The summed E-state index contributed by atoms with van der Waals surface area (Å²) in [5.41, 5.74) is 0. The van der Waals surface area contributed by atoms with Gasteiger partial charge in [0.1, 0.15) is 0 Å². The predicted octanol–water partition coefficient (Wildman–Crippen LogP) is 4.51. The monoisotopic (exact) mass is 307 g/mol. The Bertz CT molecular complexity index is 240. The molecule has 1 radical (unpaired) electrons. The van der Waals surface area contributed by atoms with Crippen molar-refractivity contribution in [3.05, 3.63) is 27.1 Å². The van der Waals surface area contributed by atoms with E-state index in [2.05, 4.69) is 57.0 Å². The summed E-state index contributed by atoms with van der Waals surface area (Å²) in [7, 11) is 0. The third-order valence-corrected chi connectivity index (χ3v) is 3.29. The van der Waals surface area contributed by atoms with E-state index in [1.165, 1.54) is 17.1 Å². The Morgan fingerprint density at radius 2 is 1.92 bits per heavy atom. The van der Waals surface area contributed by atoms with Crippen LogP contribution in [0.5, 0.6) is 0 Å². The Labute approximate surface area is 94.4 Å². The van der Waals surface area contributed by atoms with Gasteiger partial charge in [-0.15, -0.1) is 11.8 Å². The van der Waals surface area contributed by atoms with E-state index in [9.17, 15) is 0 Å². The molecule has 0 spiro atoms. The van der Waals surface area contributed by atoms with Crippen LogP contribution in [-0.4, -0.2) is 5.75 Å². The molecule has 1 aromatic carbocycles. The lowest BCUT2D eigenvalue weighted by atomic mass is 10.4. The molecule has 1 rings (SSSR count). The van der Waals surface area contributed by atoms with Crippen LogP contribution in [0.3, 0.4) is 0 Å². The van der Waals surface area contributed by atoms with Crippen molar-refractivity contribution in [3.63, 3.8) is 0 Å². The minimum absolute atomic E-state index is 1.01. The third kappa shape index (κ3) is 3.50. The van der Waals surface area contributed by atoms with E-state index in [4.69, 9.17) is 0 Å². The summed E-state index contributed by atoms with van der Waals surface area (Å²) >= 11 is 8.68. The molecule has 1 aromatic rings. The molecule has 0 N–H and O–H groups in total. The number of hydrogen-bond acceptors (Lipinski definition) is 1. The normalized spacial score (nSPS) is 10.2. The SMILES string of the molecule is CCCSc1cc(Br)[c]c(Br)c1. The van der Waals surface area contributed by atoms with Crippen LogP contribution < -0.4 is 0 Å². The van der Waals surface area contributed by atoms with E-state index >= 15 is 0 Å². The van der Waals surface area contributed by atoms with Gasteiger partial charge in [0.15, 0.2) is 0 Å². The fourth-order valence-corrected chi connectivity index (χ4v) is 3.11. The average Bonchev–Trinajstić information content (AvgIpc) is 1.99. The molecular formula is C9H9Br2S. The van der Waals surface area contributed by atoms with Crippen molar-refractivity contribution in [1.82, 2.24) is 0 Å². The van der Waals surface area contributed by atoms with E-state index in [1.807, 2.05) is 11.8 Å². The molecule has 0 aliphatic heterocycles. The first-order chi connectivity index (χ1) is 5.72. The van der Waals surface area contributed by atoms with Gasteiger partial charge in [0, 0.05) is 19.9 Å². The smallest absolute Gasteiger partial charge is 0.0277 e. The number of hydrogen-bond donors (Lipinski definition) is 0. The number of halogens is 2. The van der Waals surface area contributed by atoms with E-state index < -0.39 is 0 Å². The van der Waals surface area contributed by atoms with Gasteiger partial charge in [0.2, 0.25) is 0 Å². The van der Waals surface area contributed by atoms with Crippen molar-refractivity contribution in [2.45, 2.75) is 18.2 Å². The highest BCUT2D eigenvalue weighted by Gasteiger charge is 1.97. The molecule has 0 amide bonds. The highest BCUT2D eigenvalue weighted by Crippen LogP contribution is 2.26. The second kappa shape index (κ2) is 5.30. The molecule has 0 saturated heterocycles. The molecule has 0 aromatic heterocycles. The summed E-state index contributed by atoms with van der Waals surface area (Å²) in [5.74, 6) is 1.17. The molecule has 0 unspecified atom stereocenters. The molecular weight excluding hydrogens is 300 g/mol. The molecule has 12 heavy (non-hydrogen) atoms. The fourth-order valence-electron chi connectivity index (χ4n) is 0.781. The molecule has 0 heterocycles. The Balaban J connectivity index is 2.72. The predicted molar refractivity (Wildman–Crippen MR) is 61.7 cm³/mol. The van der Waals surface area contributed by atoms with E-state index in [0.29, 0.717) is 0 Å². The van der Waals surface area contributed by atoms with Gasteiger partial charge in [-0.2, -0.15) is 0 Å². The van der Waals surface area contributed by atoms with Crippen LogP contribution in [0.15, 0.2) is 26.0 Å². The van der Waals surface area contributed by atoms with Gasteiger partial charge in [0.05, 0.1) is 0 Å². The zero-order chi connectivity index (χ0) is 8.97. The number of benzene rings is 1. The fraction of sp³-hybridized carbons (Fsp3) is 0.333. The zero-order valence-corrected chi connectivity index (χ0v) is 10.7. The second-order valence-corrected chi connectivity index (χ2v) is 5.24. The summed E-state index contributed by atoms with van der Waals surface area (Å²) in [6.45, 7) is 2.19. The van der Waals surface area contributed by atoms with Gasteiger partial charge < -0.3 is 0 Å². The highest BCUT2D eigenvalue weighted by molar-refractivity contribution is 9.11. The highest BCUT2D eigenvalue weighted by atomic mass is 79.9. The quantitative estimate of drug-likeness (QED) is 0.740. The molecule has 0 aliphatic rings. The second-order valence-electron chi connectivity index (χ2n) is 2.36. The van der Waals surface area contributed by atoms with Crippen LogP contribution in [0.1, 0.15) is 13.3 Å². The van der Waals surface area contributed by atoms with Crippen molar-refractivity contribution in [2.75, 3.05) is 5.75 Å². The van der Waals surface area contributed by atoms with Gasteiger partial charge in [-0.3, -0.25) is 0 Å². The summed E-state index contributed by atoms with van der Waals surface area (Å²) in [6.07, 6.45) is 1.21. The maximum atomic E-state index is 3.41. The van der Waals surface area contributed by atoms with Crippen LogP contribution in [0.4, 0.5) is 0 Å². The maximum absolute atomic E-state index is 3.41. The molecule has 0 fully saturated rings. The Hall–Kier alpha value is 0.530. The number of thioether (sulfide) groups is 1. The largest absolute Gasteiger partial charge is 0.126 e. The van der Waals surface area contributed by atoms with E-state index in [1.54, 1.807) is 0 Å². The first kappa shape index (κ1) is 10.6. The van der Waals surface area contributed by atoms with Gasteiger partial charge in [-0.05, 0) is 24.3 Å². The van der Waals surface area contributed by atoms with Gasteiger partial charge in [-0.25, -0.2) is 0 Å². The third-order valence-electron chi connectivity index (χ3n) is 1.25. The molecule has 65 valence electrons. The van der Waals surface area contributed by atoms with Gasteiger partial charge in [0.25, 0.3) is 0 Å². The van der Waals surface area contributed by atoms with Crippen LogP contribution in [0.2, 0.25) is 0 Å². The Morgan fingerprint density at radius 1 is 1.33 bits per heavy atom. The Kier molecular flexibility index (Phi) is 4.69. The van der Waals surface area contributed by atoms with Crippen molar-refractivity contribution in [1.29, 1.82) is 0 Å². The zero-order valence-electron chi connectivity index (χ0n) is 6.73. The van der Waals surface area contributed by atoms with Crippen LogP contribution >= 0.6 is 43.6 Å². The van der Waals surface area contributed by atoms with Gasteiger partial charge >= 0.3 is 0 Å². The summed E-state index contributed by atoms with van der Waals surface area (Å²) in [5, 5.41) is 0. The Morgan fingerprint density at radius 3 is 2.42 bits per heavy atom. The van der Waals surface area contributed by atoms with E-state index in [0.717, 1.165) is 8.95 Å². The molecule has 0 saturated carbocycles. The minimum Gasteiger partial charge on any atom is -0.126 e. The average molecular weight is 309 g/mol. The van der Waals surface area contributed by atoms with Crippen molar-refractivity contribution < 1.29 is 0 Å². The van der Waals surface area contributed by atoms with Crippen LogP contribution in [-0.2, 0) is 0 Å². The maximum Gasteiger partial charge on any atom is 0.0277 e. The van der Waals surface area contributed by atoms with Crippen molar-refractivity contribution in [2.24, 2.45) is 0 Å². The minimum atomic E-state index is 1.01. The topological polar surface area (TPSA) is 0 Å². The van der Waals surface area contributed by atoms with Crippen molar-refractivity contribution >= 4 is 43.6 Å². The molecule has 3 heteroatoms. The molecule has 0 aliphatic carbocycles. The lowest BCUT2D eigenvalue weighted by molar-refractivity contribution is 1.10. The summed E-state index contributed by atoms with van der Waals surface area (Å²) in [4.78, 5) is 1.29. The van der Waals surface area contributed by atoms with Crippen molar-refractivity contribution in [3.8, 4) is 0 Å².